The van der Waals surface area contributed by atoms with Crippen molar-refractivity contribution in [2.24, 2.45) is 0 Å². The van der Waals surface area contributed by atoms with E-state index in [4.69, 9.17) is 16.6 Å². The van der Waals surface area contributed by atoms with Gasteiger partial charge in [0.05, 0.1) is 16.7 Å². The quantitative estimate of drug-likeness (QED) is 0.528. The van der Waals surface area contributed by atoms with Gasteiger partial charge in [-0.05, 0) is 31.2 Å². The van der Waals surface area contributed by atoms with Crippen LogP contribution in [0.4, 0.5) is 0 Å². The number of fused-ring (bicyclic) bond motifs is 3. The van der Waals surface area contributed by atoms with Crippen molar-refractivity contribution in [2.45, 2.75) is 13.5 Å². The number of imidazole rings is 2. The van der Waals surface area contributed by atoms with Crippen molar-refractivity contribution in [1.82, 2.24) is 14.0 Å². The molecule has 0 aliphatic heterocycles. The highest BCUT2D eigenvalue weighted by Crippen LogP contribution is 2.26. The summed E-state index contributed by atoms with van der Waals surface area (Å²) in [6.45, 7) is 3.04. The number of para-hydroxylation sites is 2. The van der Waals surface area contributed by atoms with Crippen molar-refractivity contribution < 1.29 is 0 Å². The molecule has 2 aromatic carbocycles. The molecule has 0 fully saturated rings. The third kappa shape index (κ3) is 1.85. The number of aryl methyl sites for hydroxylation is 1. The summed E-state index contributed by atoms with van der Waals surface area (Å²) >= 11 is 5.95. The van der Waals surface area contributed by atoms with Gasteiger partial charge in [-0.15, -0.1) is 0 Å². The van der Waals surface area contributed by atoms with Gasteiger partial charge in [0.15, 0.2) is 0 Å². The lowest BCUT2D eigenvalue weighted by atomic mass is 10.2. The van der Waals surface area contributed by atoms with E-state index in [1.165, 1.54) is 11.0 Å². The number of hydrogen-bond donors (Lipinski definition) is 0. The molecule has 0 unspecified atom stereocenters. The van der Waals surface area contributed by atoms with Crippen LogP contribution in [0.5, 0.6) is 0 Å². The molecule has 0 atom stereocenters. The van der Waals surface area contributed by atoms with E-state index >= 15 is 0 Å². The predicted octanol–water partition coefficient (Wildman–Crippen LogP) is 4.63. The number of hydrogen-bond acceptors (Lipinski definition) is 1. The molecule has 0 saturated heterocycles. The fourth-order valence-corrected chi connectivity index (χ4v) is 2.94. The van der Waals surface area contributed by atoms with Gasteiger partial charge in [0.25, 0.3) is 0 Å². The summed E-state index contributed by atoms with van der Waals surface area (Å²) < 4.78 is 4.39. The van der Waals surface area contributed by atoms with E-state index in [0.717, 1.165) is 28.6 Å². The molecule has 4 rings (SSSR count). The van der Waals surface area contributed by atoms with E-state index in [0.29, 0.717) is 0 Å². The smallest absolute Gasteiger partial charge is 0.215 e. The Morgan fingerprint density at radius 3 is 2.43 bits per heavy atom. The minimum Gasteiger partial charge on any atom is -0.310 e. The molecular weight excluding hydrogens is 282 g/mol. The van der Waals surface area contributed by atoms with Crippen LogP contribution in [0.25, 0.3) is 28.1 Å². The van der Waals surface area contributed by atoms with E-state index in [9.17, 15) is 0 Å². The number of benzene rings is 2. The Balaban J connectivity index is 2.00. The second kappa shape index (κ2) is 4.64. The molecule has 21 heavy (non-hydrogen) atoms. The van der Waals surface area contributed by atoms with Gasteiger partial charge in [-0.2, -0.15) is 0 Å². The average molecular weight is 296 g/mol. The highest BCUT2D eigenvalue weighted by Gasteiger charge is 2.13. The molecule has 4 heteroatoms. The third-order valence-electron chi connectivity index (χ3n) is 3.82. The highest BCUT2D eigenvalue weighted by atomic mass is 35.5. The molecule has 0 bridgehead atoms. The fraction of sp³-hybridized carbons (Fsp3) is 0.118. The van der Waals surface area contributed by atoms with E-state index in [1.54, 1.807) is 0 Å². The summed E-state index contributed by atoms with van der Waals surface area (Å²) in [6.07, 6.45) is 2.09. The van der Waals surface area contributed by atoms with Crippen molar-refractivity contribution in [3.8, 4) is 11.3 Å². The van der Waals surface area contributed by atoms with Gasteiger partial charge in [0.1, 0.15) is 0 Å². The van der Waals surface area contributed by atoms with Crippen LogP contribution in [0.3, 0.4) is 0 Å². The fourth-order valence-electron chi connectivity index (χ4n) is 2.81. The van der Waals surface area contributed by atoms with Crippen LogP contribution in [-0.2, 0) is 6.54 Å². The molecule has 104 valence electrons. The number of nitrogens with zero attached hydrogens (tertiary/aromatic N) is 3. The Labute approximate surface area is 127 Å². The first-order valence-corrected chi connectivity index (χ1v) is 7.38. The van der Waals surface area contributed by atoms with Gasteiger partial charge < -0.3 is 4.57 Å². The lowest BCUT2D eigenvalue weighted by molar-refractivity contribution is 0.807. The molecule has 0 spiro atoms. The summed E-state index contributed by atoms with van der Waals surface area (Å²) in [5, 5.41) is 0.742. The van der Waals surface area contributed by atoms with Crippen LogP contribution in [-0.4, -0.2) is 14.0 Å². The van der Waals surface area contributed by atoms with E-state index in [2.05, 4.69) is 46.4 Å². The van der Waals surface area contributed by atoms with Crippen LogP contribution >= 0.6 is 11.6 Å². The molecule has 2 heterocycles. The normalized spacial score (nSPS) is 11.5. The third-order valence-corrected chi connectivity index (χ3v) is 4.07. The zero-order chi connectivity index (χ0) is 14.4. The van der Waals surface area contributed by atoms with Crippen LogP contribution < -0.4 is 0 Å². The zero-order valence-corrected chi connectivity index (χ0v) is 12.4. The molecule has 0 aliphatic carbocycles. The van der Waals surface area contributed by atoms with Gasteiger partial charge in [-0.3, -0.25) is 4.40 Å². The Morgan fingerprint density at radius 1 is 1.00 bits per heavy atom. The van der Waals surface area contributed by atoms with Gasteiger partial charge in [0, 0.05) is 23.3 Å². The van der Waals surface area contributed by atoms with Crippen molar-refractivity contribution in [1.29, 1.82) is 0 Å². The first-order chi connectivity index (χ1) is 10.3. The van der Waals surface area contributed by atoms with Gasteiger partial charge in [0.2, 0.25) is 5.78 Å². The molecule has 0 N–H and O–H groups in total. The topological polar surface area (TPSA) is 22.2 Å². The molecular formula is C17H14ClN3. The van der Waals surface area contributed by atoms with Crippen molar-refractivity contribution in [3.63, 3.8) is 0 Å². The van der Waals surface area contributed by atoms with Crippen molar-refractivity contribution in [3.05, 3.63) is 59.8 Å². The summed E-state index contributed by atoms with van der Waals surface area (Å²) in [4.78, 5) is 4.80. The Morgan fingerprint density at radius 2 is 1.71 bits per heavy atom. The second-order valence-electron chi connectivity index (χ2n) is 5.04. The van der Waals surface area contributed by atoms with E-state index < -0.39 is 0 Å². The SMILES string of the molecule is CCn1c2ccccc2n2cc(-c3ccc(Cl)cc3)nc12. The lowest BCUT2D eigenvalue weighted by Crippen LogP contribution is -1.94. The van der Waals surface area contributed by atoms with Crippen LogP contribution in [0, 0.1) is 0 Å². The standard InChI is InChI=1S/C17H14ClN3/c1-2-20-15-5-3-4-6-16(15)21-11-14(19-17(20)21)12-7-9-13(18)10-8-12/h3-11H,2H2,1H3. The summed E-state index contributed by atoms with van der Waals surface area (Å²) in [5.74, 6) is 0.976. The van der Waals surface area contributed by atoms with Crippen LogP contribution in [0.15, 0.2) is 54.7 Å². The largest absolute Gasteiger partial charge is 0.310 e. The lowest BCUT2D eigenvalue weighted by Gasteiger charge is -2.00. The first kappa shape index (κ1) is 12.5. The number of rotatable bonds is 2. The van der Waals surface area contributed by atoms with Gasteiger partial charge in [-0.1, -0.05) is 35.9 Å². The average Bonchev–Trinajstić information content (AvgIpc) is 3.05. The second-order valence-corrected chi connectivity index (χ2v) is 5.47. The summed E-state index contributed by atoms with van der Waals surface area (Å²) in [7, 11) is 0. The van der Waals surface area contributed by atoms with E-state index in [-0.39, 0.29) is 0 Å². The molecule has 0 amide bonds. The molecule has 0 aliphatic rings. The summed E-state index contributed by atoms with van der Waals surface area (Å²) in [5.41, 5.74) is 4.44. The molecule has 0 radical (unpaired) electrons. The Hall–Kier alpha value is -2.26. The van der Waals surface area contributed by atoms with Crippen molar-refractivity contribution in [2.75, 3.05) is 0 Å². The highest BCUT2D eigenvalue weighted by molar-refractivity contribution is 6.30. The van der Waals surface area contributed by atoms with Crippen LogP contribution in [0.1, 0.15) is 6.92 Å². The molecule has 3 nitrogen and oxygen atoms in total. The van der Waals surface area contributed by atoms with Crippen LogP contribution in [0.2, 0.25) is 5.02 Å². The monoisotopic (exact) mass is 295 g/mol. The minimum atomic E-state index is 0.742. The first-order valence-electron chi connectivity index (χ1n) is 7.00. The summed E-state index contributed by atoms with van der Waals surface area (Å²) in [6, 6.07) is 16.2. The van der Waals surface area contributed by atoms with Gasteiger partial charge >= 0.3 is 0 Å². The molecule has 2 aromatic heterocycles. The maximum absolute atomic E-state index is 5.95. The Bertz CT molecular complexity index is 932. The maximum atomic E-state index is 5.95. The molecule has 4 aromatic rings. The Kier molecular flexibility index (Phi) is 2.76. The maximum Gasteiger partial charge on any atom is 0.215 e. The number of aromatic nitrogens is 3. The predicted molar refractivity (Wildman–Crippen MR) is 86.8 cm³/mol. The molecule has 0 saturated carbocycles. The van der Waals surface area contributed by atoms with E-state index in [1.807, 2.05) is 24.3 Å². The van der Waals surface area contributed by atoms with Gasteiger partial charge in [-0.25, -0.2) is 4.98 Å². The number of halogens is 1. The minimum absolute atomic E-state index is 0.742. The zero-order valence-electron chi connectivity index (χ0n) is 11.6. The van der Waals surface area contributed by atoms with Crippen molar-refractivity contribution >= 4 is 28.4 Å².